The van der Waals surface area contributed by atoms with Crippen molar-refractivity contribution in [3.8, 4) is 11.5 Å². The van der Waals surface area contributed by atoms with Crippen LogP contribution in [0.4, 0.5) is 5.69 Å². The van der Waals surface area contributed by atoms with E-state index in [0.29, 0.717) is 6.54 Å². The number of benzene rings is 2. The zero-order valence-electron chi connectivity index (χ0n) is 11.9. The van der Waals surface area contributed by atoms with Gasteiger partial charge in [-0.25, -0.2) is 0 Å². The van der Waals surface area contributed by atoms with Crippen molar-refractivity contribution in [2.45, 2.75) is 13.5 Å². The molecule has 3 rings (SSSR count). The third kappa shape index (κ3) is 3.66. The third-order valence-corrected chi connectivity index (χ3v) is 3.08. The molecule has 3 nitrogen and oxygen atoms in total. The summed E-state index contributed by atoms with van der Waals surface area (Å²) in [7, 11) is 0. The predicted octanol–water partition coefficient (Wildman–Crippen LogP) is 4.99. The van der Waals surface area contributed by atoms with Crippen LogP contribution in [0.25, 0.3) is 0 Å². The number of para-hydroxylation sites is 1. The second-order valence-electron chi connectivity index (χ2n) is 4.81. The lowest BCUT2D eigenvalue weighted by Crippen LogP contribution is -1.98. The monoisotopic (exact) mass is 279 g/mol. The van der Waals surface area contributed by atoms with Gasteiger partial charge in [-0.15, -0.1) is 0 Å². The molecule has 0 spiro atoms. The molecule has 1 aromatic heterocycles. The minimum atomic E-state index is 0.655. The zero-order chi connectivity index (χ0) is 14.5. The molecular weight excluding hydrogens is 262 g/mol. The summed E-state index contributed by atoms with van der Waals surface area (Å²) in [5.41, 5.74) is 0.998. The van der Waals surface area contributed by atoms with Crippen LogP contribution >= 0.6 is 0 Å². The van der Waals surface area contributed by atoms with E-state index in [2.05, 4.69) is 5.32 Å². The first kappa shape index (κ1) is 13.3. The molecule has 0 saturated carbocycles. The standard InChI is InChI=1S/C18H17NO2/c1-14-10-11-18(20-14)13-19-15-6-5-9-17(12-15)21-16-7-3-2-4-8-16/h2-12,19H,13H2,1H3. The third-order valence-electron chi connectivity index (χ3n) is 3.08. The number of hydrogen-bond donors (Lipinski definition) is 1. The highest BCUT2D eigenvalue weighted by molar-refractivity contribution is 5.49. The van der Waals surface area contributed by atoms with Crippen LogP contribution in [-0.2, 0) is 6.54 Å². The first-order valence-corrected chi connectivity index (χ1v) is 6.92. The van der Waals surface area contributed by atoms with Crippen molar-refractivity contribution < 1.29 is 9.15 Å². The van der Waals surface area contributed by atoms with E-state index in [9.17, 15) is 0 Å². The number of anilines is 1. The number of aryl methyl sites for hydroxylation is 1. The molecule has 0 bridgehead atoms. The predicted molar refractivity (Wildman–Crippen MR) is 83.7 cm³/mol. The first-order chi connectivity index (χ1) is 10.3. The van der Waals surface area contributed by atoms with Crippen LogP contribution < -0.4 is 10.1 Å². The van der Waals surface area contributed by atoms with Crippen molar-refractivity contribution in [1.29, 1.82) is 0 Å². The lowest BCUT2D eigenvalue weighted by molar-refractivity contribution is 0.482. The summed E-state index contributed by atoms with van der Waals surface area (Å²) in [6.45, 7) is 2.60. The van der Waals surface area contributed by atoms with Gasteiger partial charge in [0.25, 0.3) is 0 Å². The van der Waals surface area contributed by atoms with Crippen molar-refractivity contribution in [2.75, 3.05) is 5.32 Å². The molecule has 0 saturated heterocycles. The molecule has 0 radical (unpaired) electrons. The summed E-state index contributed by atoms with van der Waals surface area (Å²) in [6.07, 6.45) is 0. The molecule has 3 heteroatoms. The van der Waals surface area contributed by atoms with Crippen LogP contribution in [0.3, 0.4) is 0 Å². The van der Waals surface area contributed by atoms with E-state index < -0.39 is 0 Å². The highest BCUT2D eigenvalue weighted by Crippen LogP contribution is 2.24. The average molecular weight is 279 g/mol. The molecule has 0 aliphatic heterocycles. The topological polar surface area (TPSA) is 34.4 Å². The summed E-state index contributed by atoms with van der Waals surface area (Å²) in [6, 6.07) is 21.6. The van der Waals surface area contributed by atoms with Crippen molar-refractivity contribution in [2.24, 2.45) is 0 Å². The summed E-state index contributed by atoms with van der Waals surface area (Å²) in [5.74, 6) is 3.48. The lowest BCUT2D eigenvalue weighted by Gasteiger charge is -2.08. The molecule has 106 valence electrons. The molecule has 0 unspecified atom stereocenters. The Labute approximate surface area is 124 Å². The Bertz CT molecular complexity index is 704. The maximum atomic E-state index is 5.81. The minimum absolute atomic E-state index is 0.655. The Hall–Kier alpha value is -2.68. The van der Waals surface area contributed by atoms with Gasteiger partial charge >= 0.3 is 0 Å². The van der Waals surface area contributed by atoms with Gasteiger partial charge in [-0.1, -0.05) is 24.3 Å². The highest BCUT2D eigenvalue weighted by Gasteiger charge is 2.01. The van der Waals surface area contributed by atoms with Crippen LogP contribution in [-0.4, -0.2) is 0 Å². The first-order valence-electron chi connectivity index (χ1n) is 6.92. The van der Waals surface area contributed by atoms with Crippen LogP contribution in [0.5, 0.6) is 11.5 Å². The second kappa shape index (κ2) is 6.18. The Balaban J connectivity index is 1.65. The lowest BCUT2D eigenvalue weighted by atomic mass is 10.3. The van der Waals surface area contributed by atoms with Crippen molar-refractivity contribution in [1.82, 2.24) is 0 Å². The number of ether oxygens (including phenoxy) is 1. The van der Waals surface area contributed by atoms with E-state index in [1.54, 1.807) is 0 Å². The summed E-state index contributed by atoms with van der Waals surface area (Å²) >= 11 is 0. The van der Waals surface area contributed by atoms with E-state index in [1.165, 1.54) is 0 Å². The summed E-state index contributed by atoms with van der Waals surface area (Å²) in [5, 5.41) is 3.33. The summed E-state index contributed by atoms with van der Waals surface area (Å²) < 4.78 is 11.3. The molecule has 21 heavy (non-hydrogen) atoms. The molecule has 3 aromatic rings. The Kier molecular flexibility index (Phi) is 3.92. The smallest absolute Gasteiger partial charge is 0.129 e. The van der Waals surface area contributed by atoms with Gasteiger partial charge in [-0.3, -0.25) is 0 Å². The van der Waals surface area contributed by atoms with E-state index in [-0.39, 0.29) is 0 Å². The number of nitrogens with one attached hydrogen (secondary N) is 1. The van der Waals surface area contributed by atoms with Gasteiger partial charge in [0.2, 0.25) is 0 Å². The van der Waals surface area contributed by atoms with Crippen LogP contribution in [0.1, 0.15) is 11.5 Å². The molecule has 0 amide bonds. The van der Waals surface area contributed by atoms with Crippen molar-refractivity contribution >= 4 is 5.69 Å². The molecule has 0 atom stereocenters. The van der Waals surface area contributed by atoms with E-state index in [4.69, 9.17) is 9.15 Å². The van der Waals surface area contributed by atoms with E-state index in [0.717, 1.165) is 28.7 Å². The fraction of sp³-hybridized carbons (Fsp3) is 0.111. The van der Waals surface area contributed by atoms with Gasteiger partial charge < -0.3 is 14.5 Å². The van der Waals surface area contributed by atoms with Crippen LogP contribution in [0, 0.1) is 6.92 Å². The number of furan rings is 1. The van der Waals surface area contributed by atoms with Gasteiger partial charge in [0.05, 0.1) is 6.54 Å². The fourth-order valence-electron chi connectivity index (χ4n) is 2.06. The number of rotatable bonds is 5. The van der Waals surface area contributed by atoms with Crippen LogP contribution in [0.15, 0.2) is 71.1 Å². The second-order valence-corrected chi connectivity index (χ2v) is 4.81. The highest BCUT2D eigenvalue weighted by atomic mass is 16.5. The van der Waals surface area contributed by atoms with Gasteiger partial charge in [0, 0.05) is 11.8 Å². The molecule has 0 aliphatic rings. The van der Waals surface area contributed by atoms with Gasteiger partial charge in [-0.2, -0.15) is 0 Å². The van der Waals surface area contributed by atoms with E-state index >= 15 is 0 Å². The normalized spacial score (nSPS) is 10.3. The molecule has 1 N–H and O–H groups in total. The molecule has 0 aliphatic carbocycles. The molecule has 2 aromatic carbocycles. The molecule has 1 heterocycles. The Morgan fingerprint density at radius 1 is 0.905 bits per heavy atom. The summed E-state index contributed by atoms with van der Waals surface area (Å²) in [4.78, 5) is 0. The average Bonchev–Trinajstić information content (AvgIpc) is 2.92. The van der Waals surface area contributed by atoms with Gasteiger partial charge in [0.15, 0.2) is 0 Å². The quantitative estimate of drug-likeness (QED) is 0.714. The zero-order valence-corrected chi connectivity index (χ0v) is 11.9. The van der Waals surface area contributed by atoms with Crippen LogP contribution in [0.2, 0.25) is 0 Å². The minimum Gasteiger partial charge on any atom is -0.465 e. The largest absolute Gasteiger partial charge is 0.465 e. The molecular formula is C18H17NO2. The SMILES string of the molecule is Cc1ccc(CNc2cccc(Oc3ccccc3)c2)o1. The fourth-order valence-corrected chi connectivity index (χ4v) is 2.06. The van der Waals surface area contributed by atoms with E-state index in [1.807, 2.05) is 73.7 Å². The van der Waals surface area contributed by atoms with Gasteiger partial charge in [0.1, 0.15) is 23.0 Å². The maximum Gasteiger partial charge on any atom is 0.129 e. The van der Waals surface area contributed by atoms with Crippen molar-refractivity contribution in [3.63, 3.8) is 0 Å². The Morgan fingerprint density at radius 2 is 1.71 bits per heavy atom. The Morgan fingerprint density at radius 3 is 2.48 bits per heavy atom. The number of hydrogen-bond acceptors (Lipinski definition) is 3. The van der Waals surface area contributed by atoms with Gasteiger partial charge in [-0.05, 0) is 43.3 Å². The van der Waals surface area contributed by atoms with Crippen molar-refractivity contribution in [3.05, 3.63) is 78.3 Å². The molecule has 0 fully saturated rings. The maximum absolute atomic E-state index is 5.81.